The lowest BCUT2D eigenvalue weighted by atomic mass is 9.84. The number of methoxy groups -OCH3 is 1. The van der Waals surface area contributed by atoms with Gasteiger partial charge in [0.05, 0.1) is 12.8 Å². The molecule has 0 radical (unpaired) electrons. The molecule has 6 nitrogen and oxygen atoms in total. The number of anilines is 1. The van der Waals surface area contributed by atoms with Crippen LogP contribution in [0, 0.1) is 11.6 Å². The predicted octanol–water partition coefficient (Wildman–Crippen LogP) is 5.12. The lowest BCUT2D eigenvalue weighted by Crippen LogP contribution is -2.32. The summed E-state index contributed by atoms with van der Waals surface area (Å²) < 4.78 is 42.3. The van der Waals surface area contributed by atoms with Gasteiger partial charge in [0.2, 0.25) is 5.95 Å². The summed E-state index contributed by atoms with van der Waals surface area (Å²) in [6.07, 6.45) is 0.699. The van der Waals surface area contributed by atoms with Gasteiger partial charge >= 0.3 is 0 Å². The number of nitrogens with one attached hydrogen (secondary N) is 1. The Morgan fingerprint density at radius 3 is 2.64 bits per heavy atom. The van der Waals surface area contributed by atoms with Crippen molar-refractivity contribution in [1.82, 2.24) is 14.8 Å². The Hall–Kier alpha value is -4.20. The summed E-state index contributed by atoms with van der Waals surface area (Å²) in [6, 6.07) is 17.7. The van der Waals surface area contributed by atoms with Gasteiger partial charge in [-0.25, -0.2) is 13.5 Å². The summed E-state index contributed by atoms with van der Waals surface area (Å²) in [5.41, 5.74) is 3.40. The summed E-state index contributed by atoms with van der Waals surface area (Å²) in [6.45, 7) is 0. The number of halogens is 2. The van der Waals surface area contributed by atoms with Crippen molar-refractivity contribution < 1.29 is 18.3 Å². The summed E-state index contributed by atoms with van der Waals surface area (Å²) in [4.78, 5) is 4.36. The third-order valence-electron chi connectivity index (χ3n) is 5.99. The van der Waals surface area contributed by atoms with E-state index in [1.165, 1.54) is 24.5 Å². The number of fused-ring (bicyclic) bond motifs is 3. The smallest absolute Gasteiger partial charge is 0.226 e. The van der Waals surface area contributed by atoms with Crippen LogP contribution in [0.3, 0.4) is 0 Å². The van der Waals surface area contributed by atoms with Gasteiger partial charge in [0.25, 0.3) is 0 Å². The minimum atomic E-state index is -0.748. The highest BCUT2D eigenvalue weighted by Gasteiger charge is 2.41. The molecule has 0 unspecified atom stereocenters. The van der Waals surface area contributed by atoms with E-state index in [2.05, 4.69) is 15.4 Å². The molecule has 2 atom stereocenters. The van der Waals surface area contributed by atoms with Gasteiger partial charge in [-0.3, -0.25) is 0 Å². The zero-order valence-electron chi connectivity index (χ0n) is 17.5. The molecule has 8 heteroatoms. The zero-order chi connectivity index (χ0) is 22.5. The lowest BCUT2D eigenvalue weighted by Gasteiger charge is -2.39. The number of benzene rings is 3. The van der Waals surface area contributed by atoms with Crippen LogP contribution in [0.25, 0.3) is 5.70 Å². The molecule has 1 N–H and O–H groups in total. The van der Waals surface area contributed by atoms with E-state index in [1.807, 2.05) is 6.07 Å². The van der Waals surface area contributed by atoms with Gasteiger partial charge in [-0.2, -0.15) is 10.1 Å². The number of rotatable bonds is 3. The van der Waals surface area contributed by atoms with E-state index in [4.69, 9.17) is 9.47 Å². The molecule has 0 fully saturated rings. The minimum Gasteiger partial charge on any atom is -0.497 e. The number of aromatic nitrogens is 3. The quantitative estimate of drug-likeness (QED) is 0.475. The first-order valence-corrected chi connectivity index (χ1v) is 10.4. The van der Waals surface area contributed by atoms with Crippen molar-refractivity contribution in [3.63, 3.8) is 0 Å². The van der Waals surface area contributed by atoms with Crippen LogP contribution < -0.4 is 14.8 Å². The third kappa shape index (κ3) is 3.06. The molecule has 2 aliphatic rings. The van der Waals surface area contributed by atoms with E-state index < -0.39 is 12.1 Å². The first kappa shape index (κ1) is 19.5. The van der Waals surface area contributed by atoms with E-state index in [9.17, 15) is 4.39 Å². The second-order valence-corrected chi connectivity index (χ2v) is 7.82. The minimum absolute atomic E-state index is 0.346. The van der Waals surface area contributed by atoms with Crippen LogP contribution in [0.5, 0.6) is 11.5 Å². The molecule has 0 saturated heterocycles. The highest BCUT2D eigenvalue weighted by molar-refractivity contribution is 5.85. The van der Waals surface area contributed by atoms with Crippen LogP contribution in [0.1, 0.15) is 28.8 Å². The summed E-state index contributed by atoms with van der Waals surface area (Å²) in [7, 11) is 1.59. The molecule has 164 valence electrons. The number of hydrogen-bond donors (Lipinski definition) is 1. The molecule has 6 rings (SSSR count). The Balaban J connectivity index is 1.65. The molecule has 33 heavy (non-hydrogen) atoms. The SMILES string of the molecule is COc1ccc2c(c1)C1=C([C@H](c3ccccc3F)O2)[C@H](c2ccc(F)cc2)n2ncnc2N1. The monoisotopic (exact) mass is 444 g/mol. The van der Waals surface area contributed by atoms with Crippen molar-refractivity contribution in [2.75, 3.05) is 12.4 Å². The van der Waals surface area contributed by atoms with Crippen LogP contribution in [0.2, 0.25) is 0 Å². The second-order valence-electron chi connectivity index (χ2n) is 7.82. The van der Waals surface area contributed by atoms with Crippen molar-refractivity contribution in [3.8, 4) is 11.5 Å². The Bertz CT molecular complexity index is 1400. The van der Waals surface area contributed by atoms with Gasteiger partial charge in [0.15, 0.2) is 6.10 Å². The van der Waals surface area contributed by atoms with Crippen LogP contribution in [-0.4, -0.2) is 21.9 Å². The standard InChI is InChI=1S/C25H18F2N4O2/c1-32-16-10-11-20-18(12-16)22-21(24(33-20)17-4-2-3-5-19(17)27)23(14-6-8-15(26)9-7-14)31-25(30-22)28-13-29-31/h2-13,23-24H,1H3,(H,28,29,30)/t23-,24-/m0/s1. The molecule has 0 spiro atoms. The maximum Gasteiger partial charge on any atom is 0.226 e. The van der Waals surface area contributed by atoms with Crippen LogP contribution in [0.4, 0.5) is 14.7 Å². The number of hydrogen-bond acceptors (Lipinski definition) is 5. The van der Waals surface area contributed by atoms with Gasteiger partial charge in [0.1, 0.15) is 35.5 Å². The number of nitrogens with zero attached hydrogens (tertiary/aromatic N) is 3. The topological polar surface area (TPSA) is 61.2 Å². The summed E-state index contributed by atoms with van der Waals surface area (Å²) >= 11 is 0. The van der Waals surface area contributed by atoms with Gasteiger partial charge in [0, 0.05) is 16.7 Å². The second kappa shape index (κ2) is 7.44. The predicted molar refractivity (Wildman–Crippen MR) is 118 cm³/mol. The first-order valence-electron chi connectivity index (χ1n) is 10.4. The van der Waals surface area contributed by atoms with Crippen molar-refractivity contribution in [3.05, 3.63) is 107 Å². The fraction of sp³-hybridized carbons (Fsp3) is 0.120. The molecule has 3 heterocycles. The molecule has 0 saturated carbocycles. The fourth-order valence-corrected chi connectivity index (χ4v) is 4.49. The maximum absolute atomic E-state index is 15.0. The number of ether oxygens (including phenoxy) is 2. The van der Waals surface area contributed by atoms with Crippen molar-refractivity contribution in [2.24, 2.45) is 0 Å². The largest absolute Gasteiger partial charge is 0.497 e. The Kier molecular flexibility index (Phi) is 4.39. The lowest BCUT2D eigenvalue weighted by molar-refractivity contribution is 0.217. The molecule has 0 aliphatic carbocycles. The zero-order valence-corrected chi connectivity index (χ0v) is 17.5. The van der Waals surface area contributed by atoms with Crippen LogP contribution in [-0.2, 0) is 0 Å². The molecule has 4 aromatic rings. The Morgan fingerprint density at radius 2 is 1.85 bits per heavy atom. The maximum atomic E-state index is 15.0. The average Bonchev–Trinajstić information content (AvgIpc) is 3.31. The molecule has 0 amide bonds. The van der Waals surface area contributed by atoms with Crippen LogP contribution in [0.15, 0.2) is 78.6 Å². The molecular weight excluding hydrogens is 426 g/mol. The van der Waals surface area contributed by atoms with E-state index in [1.54, 1.807) is 54.3 Å². The Morgan fingerprint density at radius 1 is 1.03 bits per heavy atom. The van der Waals surface area contributed by atoms with Crippen LogP contribution >= 0.6 is 0 Å². The highest BCUT2D eigenvalue weighted by atomic mass is 19.1. The van der Waals surface area contributed by atoms with Gasteiger partial charge < -0.3 is 14.8 Å². The molecule has 0 bridgehead atoms. The van der Waals surface area contributed by atoms with Gasteiger partial charge in [-0.1, -0.05) is 30.3 Å². The summed E-state index contributed by atoms with van der Waals surface area (Å²) in [5, 5.41) is 7.76. The van der Waals surface area contributed by atoms with Crippen molar-refractivity contribution in [1.29, 1.82) is 0 Å². The molecule has 3 aromatic carbocycles. The molecule has 2 aliphatic heterocycles. The normalized spacial score (nSPS) is 18.5. The highest BCUT2D eigenvalue weighted by Crippen LogP contribution is 2.51. The van der Waals surface area contributed by atoms with Crippen molar-refractivity contribution >= 4 is 11.6 Å². The van der Waals surface area contributed by atoms with E-state index in [0.717, 1.165) is 22.4 Å². The fourth-order valence-electron chi connectivity index (χ4n) is 4.49. The van der Waals surface area contributed by atoms with E-state index >= 15 is 4.39 Å². The average molecular weight is 444 g/mol. The first-order chi connectivity index (χ1) is 16.1. The van der Waals surface area contributed by atoms with Gasteiger partial charge in [-0.15, -0.1) is 0 Å². The Labute approximate surface area is 188 Å². The van der Waals surface area contributed by atoms with Gasteiger partial charge in [-0.05, 0) is 42.0 Å². The molecular formula is C25H18F2N4O2. The summed E-state index contributed by atoms with van der Waals surface area (Å²) in [5.74, 6) is 1.03. The van der Waals surface area contributed by atoms with E-state index in [0.29, 0.717) is 23.0 Å². The van der Waals surface area contributed by atoms with E-state index in [-0.39, 0.29) is 11.6 Å². The molecule has 1 aromatic heterocycles. The third-order valence-corrected chi connectivity index (χ3v) is 5.99. The van der Waals surface area contributed by atoms with Crippen molar-refractivity contribution in [2.45, 2.75) is 12.1 Å².